The topological polar surface area (TPSA) is 41.6 Å². The van der Waals surface area contributed by atoms with Gasteiger partial charge in [0.25, 0.3) is 0 Å². The summed E-state index contributed by atoms with van der Waals surface area (Å²) >= 11 is 0. The van der Waals surface area contributed by atoms with E-state index in [-0.39, 0.29) is 0 Å². The molecule has 74 valence electrons. The Kier molecular flexibility index (Phi) is 3.07. The quantitative estimate of drug-likeness (QED) is 0.602. The van der Waals surface area contributed by atoms with E-state index >= 15 is 0 Å². The number of aromatic nitrogens is 3. The highest BCUT2D eigenvalue weighted by molar-refractivity contribution is 5.77. The third-order valence-electron chi connectivity index (χ3n) is 1.92. The first kappa shape index (κ1) is 9.40. The molecule has 2 aromatic heterocycles. The van der Waals surface area contributed by atoms with Gasteiger partial charge < -0.3 is 4.98 Å². The van der Waals surface area contributed by atoms with Crippen LogP contribution in [0.25, 0.3) is 10.9 Å². The van der Waals surface area contributed by atoms with Crippen LogP contribution in [0.5, 0.6) is 0 Å². The fraction of sp³-hybridized carbons (Fsp3) is 0. The molecular weight excluding hydrogens is 186 g/mol. The van der Waals surface area contributed by atoms with E-state index in [2.05, 4.69) is 15.2 Å². The second kappa shape index (κ2) is 4.91. The average Bonchev–Trinajstić information content (AvgIpc) is 2.88. The average molecular weight is 197 g/mol. The molecule has 3 heteroatoms. The lowest BCUT2D eigenvalue weighted by molar-refractivity contribution is 1.08. The number of nitrogens with one attached hydrogen (secondary N) is 1. The van der Waals surface area contributed by atoms with Crippen molar-refractivity contribution in [2.24, 2.45) is 0 Å². The van der Waals surface area contributed by atoms with Crippen LogP contribution in [-0.2, 0) is 0 Å². The van der Waals surface area contributed by atoms with Crippen LogP contribution in [0, 0.1) is 0 Å². The summed E-state index contributed by atoms with van der Waals surface area (Å²) in [7, 11) is 0. The summed E-state index contributed by atoms with van der Waals surface area (Å²) in [6.07, 6.45) is 5.45. The van der Waals surface area contributed by atoms with Crippen LogP contribution in [0.15, 0.2) is 61.1 Å². The van der Waals surface area contributed by atoms with E-state index in [1.807, 2.05) is 54.9 Å². The zero-order valence-electron chi connectivity index (χ0n) is 8.17. The molecule has 0 saturated carbocycles. The standard InChI is InChI=1S/C8H6N2.C4H5N/c1-2-4-8-7(3-1)5-6-9-10-8;1-2-4-5-3-1/h1-6H;1-5H. The van der Waals surface area contributed by atoms with Crippen LogP contribution in [0.2, 0.25) is 0 Å². The molecule has 1 N–H and O–H groups in total. The van der Waals surface area contributed by atoms with Crippen molar-refractivity contribution in [2.75, 3.05) is 0 Å². The maximum absolute atomic E-state index is 3.93. The van der Waals surface area contributed by atoms with Crippen LogP contribution < -0.4 is 0 Å². The Balaban J connectivity index is 0.000000144. The van der Waals surface area contributed by atoms with Gasteiger partial charge in [-0.1, -0.05) is 18.2 Å². The molecule has 1 aromatic carbocycles. The number of aromatic amines is 1. The molecule has 0 aliphatic rings. The third-order valence-corrected chi connectivity index (χ3v) is 1.92. The number of H-pyrrole nitrogens is 1. The maximum Gasteiger partial charge on any atom is 0.0929 e. The van der Waals surface area contributed by atoms with Crippen molar-refractivity contribution < 1.29 is 0 Å². The Labute approximate surface area is 87.8 Å². The number of hydrogen-bond donors (Lipinski definition) is 1. The van der Waals surface area contributed by atoms with Crippen LogP contribution in [-0.4, -0.2) is 15.2 Å². The lowest BCUT2D eigenvalue weighted by Gasteiger charge is -1.90. The molecule has 0 fully saturated rings. The van der Waals surface area contributed by atoms with Crippen molar-refractivity contribution in [2.45, 2.75) is 0 Å². The number of rotatable bonds is 0. The minimum absolute atomic E-state index is 0.949. The normalized spacial score (nSPS) is 9.33. The van der Waals surface area contributed by atoms with Crippen molar-refractivity contribution in [1.82, 2.24) is 15.2 Å². The van der Waals surface area contributed by atoms with Crippen molar-refractivity contribution in [3.8, 4) is 0 Å². The van der Waals surface area contributed by atoms with E-state index in [1.54, 1.807) is 6.20 Å². The second-order valence-electron chi connectivity index (χ2n) is 2.97. The number of fused-ring (bicyclic) bond motifs is 1. The van der Waals surface area contributed by atoms with E-state index in [0.717, 1.165) is 10.9 Å². The lowest BCUT2D eigenvalue weighted by Crippen LogP contribution is -1.79. The predicted molar refractivity (Wildman–Crippen MR) is 60.3 cm³/mol. The van der Waals surface area contributed by atoms with Gasteiger partial charge in [0, 0.05) is 17.8 Å². The molecular formula is C12H11N3. The van der Waals surface area contributed by atoms with E-state index in [0.29, 0.717) is 0 Å². The molecule has 0 radical (unpaired) electrons. The Morgan fingerprint density at radius 1 is 0.867 bits per heavy atom. The summed E-state index contributed by atoms with van der Waals surface area (Å²) in [4.78, 5) is 2.86. The SMILES string of the molecule is c1cc[nH]c1.c1ccc2nnccc2c1. The Morgan fingerprint density at radius 3 is 2.33 bits per heavy atom. The number of nitrogens with zero attached hydrogens (tertiary/aromatic N) is 2. The molecule has 0 atom stereocenters. The van der Waals surface area contributed by atoms with E-state index in [9.17, 15) is 0 Å². The number of benzene rings is 1. The molecule has 0 aliphatic heterocycles. The molecule has 15 heavy (non-hydrogen) atoms. The summed E-state index contributed by atoms with van der Waals surface area (Å²) in [5, 5.41) is 8.83. The second-order valence-corrected chi connectivity index (χ2v) is 2.97. The molecule has 0 bridgehead atoms. The van der Waals surface area contributed by atoms with Gasteiger partial charge in [0.2, 0.25) is 0 Å². The van der Waals surface area contributed by atoms with Crippen LogP contribution in [0.4, 0.5) is 0 Å². The van der Waals surface area contributed by atoms with Gasteiger partial charge in [0.1, 0.15) is 0 Å². The van der Waals surface area contributed by atoms with Crippen LogP contribution >= 0.6 is 0 Å². The van der Waals surface area contributed by atoms with E-state index < -0.39 is 0 Å². The summed E-state index contributed by atoms with van der Waals surface area (Å²) < 4.78 is 0. The van der Waals surface area contributed by atoms with Crippen molar-refractivity contribution in [3.63, 3.8) is 0 Å². The minimum Gasteiger partial charge on any atom is -0.368 e. The summed E-state index contributed by atoms with van der Waals surface area (Å²) in [6, 6.07) is 13.7. The minimum atomic E-state index is 0.949. The molecule has 3 aromatic rings. The highest BCUT2D eigenvalue weighted by Gasteiger charge is 1.87. The first-order valence-electron chi connectivity index (χ1n) is 4.71. The zero-order valence-corrected chi connectivity index (χ0v) is 8.17. The maximum atomic E-state index is 3.93. The van der Waals surface area contributed by atoms with Gasteiger partial charge >= 0.3 is 0 Å². The monoisotopic (exact) mass is 197 g/mol. The third kappa shape index (κ3) is 2.64. The van der Waals surface area contributed by atoms with Crippen LogP contribution in [0.3, 0.4) is 0 Å². The predicted octanol–water partition coefficient (Wildman–Crippen LogP) is 2.64. The fourth-order valence-electron chi connectivity index (χ4n) is 1.21. The first-order chi connectivity index (χ1) is 7.47. The van der Waals surface area contributed by atoms with Crippen molar-refractivity contribution in [1.29, 1.82) is 0 Å². The number of hydrogen-bond acceptors (Lipinski definition) is 2. The zero-order chi connectivity index (χ0) is 10.3. The van der Waals surface area contributed by atoms with Gasteiger partial charge in [-0.05, 0) is 24.3 Å². The fourth-order valence-corrected chi connectivity index (χ4v) is 1.21. The smallest absolute Gasteiger partial charge is 0.0929 e. The highest BCUT2D eigenvalue weighted by atomic mass is 15.1. The van der Waals surface area contributed by atoms with Gasteiger partial charge in [-0.15, -0.1) is 0 Å². The van der Waals surface area contributed by atoms with Gasteiger partial charge in [0.15, 0.2) is 0 Å². The molecule has 0 spiro atoms. The molecule has 0 saturated heterocycles. The lowest BCUT2D eigenvalue weighted by atomic mass is 10.2. The van der Waals surface area contributed by atoms with Gasteiger partial charge in [-0.2, -0.15) is 10.2 Å². The molecule has 2 heterocycles. The van der Waals surface area contributed by atoms with E-state index in [4.69, 9.17) is 0 Å². The molecule has 0 aliphatic carbocycles. The Bertz CT molecular complexity index is 420. The van der Waals surface area contributed by atoms with E-state index in [1.165, 1.54) is 0 Å². The molecule has 3 rings (SSSR count). The summed E-state index contributed by atoms with van der Waals surface area (Å²) in [5.41, 5.74) is 0.949. The highest BCUT2D eigenvalue weighted by Crippen LogP contribution is 2.06. The Morgan fingerprint density at radius 2 is 1.67 bits per heavy atom. The van der Waals surface area contributed by atoms with Crippen LogP contribution in [0.1, 0.15) is 0 Å². The largest absolute Gasteiger partial charge is 0.368 e. The summed E-state index contributed by atoms with van der Waals surface area (Å²) in [6.45, 7) is 0. The first-order valence-corrected chi connectivity index (χ1v) is 4.71. The Hall–Kier alpha value is -2.16. The van der Waals surface area contributed by atoms with Crippen molar-refractivity contribution in [3.05, 3.63) is 61.1 Å². The van der Waals surface area contributed by atoms with Gasteiger partial charge in [-0.25, -0.2) is 0 Å². The molecule has 0 amide bonds. The van der Waals surface area contributed by atoms with Crippen molar-refractivity contribution >= 4 is 10.9 Å². The van der Waals surface area contributed by atoms with Gasteiger partial charge in [-0.3, -0.25) is 0 Å². The molecule has 3 nitrogen and oxygen atoms in total. The van der Waals surface area contributed by atoms with Gasteiger partial charge in [0.05, 0.1) is 11.7 Å². The summed E-state index contributed by atoms with van der Waals surface area (Å²) in [5.74, 6) is 0. The molecule has 0 unspecified atom stereocenters.